The van der Waals surface area contributed by atoms with Crippen LogP contribution in [0.25, 0.3) is 0 Å². The molecular formula is C15H21NO3. The smallest absolute Gasteiger partial charge is 0.231 e. The number of rotatable bonds is 5. The lowest BCUT2D eigenvalue weighted by Crippen LogP contribution is -2.48. The highest BCUT2D eigenvalue weighted by Crippen LogP contribution is 2.34. The Morgan fingerprint density at radius 1 is 1.53 bits per heavy atom. The molecule has 2 atom stereocenters. The highest BCUT2D eigenvalue weighted by atomic mass is 16.5. The van der Waals surface area contributed by atoms with Crippen molar-refractivity contribution in [1.82, 2.24) is 5.32 Å². The second kappa shape index (κ2) is 5.61. The van der Waals surface area contributed by atoms with Crippen LogP contribution in [0.1, 0.15) is 38.2 Å². The number of ether oxygens (including phenoxy) is 1. The third-order valence-corrected chi connectivity index (χ3v) is 3.89. The molecular weight excluding hydrogens is 242 g/mol. The molecule has 0 aliphatic carbocycles. The molecule has 1 aliphatic rings. The minimum atomic E-state index is -0.358. The van der Waals surface area contributed by atoms with Gasteiger partial charge in [0.15, 0.2) is 0 Å². The fourth-order valence-corrected chi connectivity index (χ4v) is 2.34. The van der Waals surface area contributed by atoms with Gasteiger partial charge in [0.2, 0.25) is 5.91 Å². The number of benzene rings is 1. The minimum Gasteiger partial charge on any atom is -0.492 e. The predicted octanol–water partition coefficient (Wildman–Crippen LogP) is 1.83. The van der Waals surface area contributed by atoms with Crippen molar-refractivity contribution in [3.63, 3.8) is 0 Å². The summed E-state index contributed by atoms with van der Waals surface area (Å²) in [5.74, 6) is 0.520. The summed E-state index contributed by atoms with van der Waals surface area (Å²) in [5, 5.41) is 12.1. The zero-order chi connectivity index (χ0) is 13.9. The maximum atomic E-state index is 12.4. The Labute approximate surface area is 113 Å². The van der Waals surface area contributed by atoms with Gasteiger partial charge < -0.3 is 15.2 Å². The van der Waals surface area contributed by atoms with Crippen molar-refractivity contribution >= 4 is 5.91 Å². The van der Waals surface area contributed by atoms with E-state index >= 15 is 0 Å². The molecule has 1 heterocycles. The number of hydrogen-bond acceptors (Lipinski definition) is 3. The lowest BCUT2D eigenvalue weighted by atomic mass is 9.92. The predicted molar refractivity (Wildman–Crippen MR) is 73.2 cm³/mol. The van der Waals surface area contributed by atoms with Gasteiger partial charge in [-0.25, -0.2) is 0 Å². The van der Waals surface area contributed by atoms with Crippen LogP contribution in [0.2, 0.25) is 0 Å². The number of hydrogen-bond donors (Lipinski definition) is 2. The van der Waals surface area contributed by atoms with Crippen LogP contribution in [0.4, 0.5) is 0 Å². The molecule has 19 heavy (non-hydrogen) atoms. The van der Waals surface area contributed by atoms with E-state index in [0.29, 0.717) is 13.0 Å². The van der Waals surface area contributed by atoms with Gasteiger partial charge in [0.25, 0.3) is 0 Å². The molecule has 0 radical (unpaired) electrons. The summed E-state index contributed by atoms with van der Waals surface area (Å²) in [7, 11) is 0. The van der Waals surface area contributed by atoms with Crippen LogP contribution in [-0.2, 0) is 4.79 Å². The topological polar surface area (TPSA) is 58.6 Å². The number of nitrogens with one attached hydrogen (secondary N) is 1. The van der Waals surface area contributed by atoms with Crippen LogP contribution in [0.3, 0.4) is 0 Å². The molecule has 0 spiro atoms. The molecule has 0 saturated carbocycles. The third kappa shape index (κ3) is 2.89. The Bertz CT molecular complexity index is 460. The maximum Gasteiger partial charge on any atom is 0.231 e. The number of aliphatic hydroxyl groups is 1. The first kappa shape index (κ1) is 13.9. The van der Waals surface area contributed by atoms with Crippen molar-refractivity contribution in [2.24, 2.45) is 0 Å². The van der Waals surface area contributed by atoms with Crippen LogP contribution in [0.5, 0.6) is 5.75 Å². The zero-order valence-electron chi connectivity index (χ0n) is 11.5. The van der Waals surface area contributed by atoms with Gasteiger partial charge in [-0.2, -0.15) is 0 Å². The molecule has 2 unspecified atom stereocenters. The van der Waals surface area contributed by atoms with E-state index < -0.39 is 0 Å². The largest absolute Gasteiger partial charge is 0.492 e. The molecule has 1 aromatic rings. The molecule has 104 valence electrons. The summed E-state index contributed by atoms with van der Waals surface area (Å²) in [6.45, 7) is 4.43. The standard InChI is InChI=1S/C15H21NO3/c1-3-15(2,8-9-17)16-14(18)12-10-19-13-7-5-4-6-11(12)13/h4-7,12,17H,3,8-10H2,1-2H3,(H,16,18). The molecule has 2 rings (SSSR count). The van der Waals surface area contributed by atoms with Crippen LogP contribution in [-0.4, -0.2) is 29.8 Å². The van der Waals surface area contributed by atoms with E-state index in [1.807, 2.05) is 38.1 Å². The van der Waals surface area contributed by atoms with Gasteiger partial charge in [-0.1, -0.05) is 25.1 Å². The fourth-order valence-electron chi connectivity index (χ4n) is 2.34. The van der Waals surface area contributed by atoms with Crippen molar-refractivity contribution in [2.45, 2.75) is 38.1 Å². The lowest BCUT2D eigenvalue weighted by Gasteiger charge is -2.30. The highest BCUT2D eigenvalue weighted by molar-refractivity contribution is 5.86. The Kier molecular flexibility index (Phi) is 4.10. The van der Waals surface area contributed by atoms with E-state index in [9.17, 15) is 4.79 Å². The van der Waals surface area contributed by atoms with Crippen LogP contribution in [0, 0.1) is 0 Å². The van der Waals surface area contributed by atoms with E-state index in [0.717, 1.165) is 17.7 Å². The van der Waals surface area contributed by atoms with Crippen LogP contribution in [0.15, 0.2) is 24.3 Å². The van der Waals surface area contributed by atoms with E-state index in [4.69, 9.17) is 9.84 Å². The Balaban J connectivity index is 2.10. The summed E-state index contributed by atoms with van der Waals surface area (Å²) < 4.78 is 5.53. The zero-order valence-corrected chi connectivity index (χ0v) is 11.5. The van der Waals surface area contributed by atoms with E-state index in [1.54, 1.807) is 0 Å². The second-order valence-electron chi connectivity index (χ2n) is 5.28. The highest BCUT2D eigenvalue weighted by Gasteiger charge is 2.33. The Morgan fingerprint density at radius 3 is 2.95 bits per heavy atom. The van der Waals surface area contributed by atoms with E-state index in [-0.39, 0.29) is 24.0 Å². The number of aliphatic hydroxyl groups excluding tert-OH is 1. The maximum absolute atomic E-state index is 12.4. The average Bonchev–Trinajstić information content (AvgIpc) is 2.83. The first-order chi connectivity index (χ1) is 9.09. The first-order valence-electron chi connectivity index (χ1n) is 6.74. The van der Waals surface area contributed by atoms with Crippen molar-refractivity contribution in [3.8, 4) is 5.75 Å². The summed E-state index contributed by atoms with van der Waals surface area (Å²) in [4.78, 5) is 12.4. The molecule has 0 saturated heterocycles. The summed E-state index contributed by atoms with van der Waals surface area (Å²) >= 11 is 0. The fraction of sp³-hybridized carbons (Fsp3) is 0.533. The average molecular weight is 263 g/mol. The minimum absolute atomic E-state index is 0.0252. The first-order valence-corrected chi connectivity index (χ1v) is 6.74. The Hall–Kier alpha value is -1.55. The summed E-state index contributed by atoms with van der Waals surface area (Å²) in [6.07, 6.45) is 1.35. The molecule has 0 fully saturated rings. The molecule has 1 amide bonds. The van der Waals surface area contributed by atoms with Crippen LogP contribution < -0.4 is 10.1 Å². The number of para-hydroxylation sites is 1. The van der Waals surface area contributed by atoms with Gasteiger partial charge >= 0.3 is 0 Å². The Morgan fingerprint density at radius 2 is 2.26 bits per heavy atom. The van der Waals surface area contributed by atoms with Gasteiger partial charge in [0.1, 0.15) is 18.3 Å². The molecule has 2 N–H and O–H groups in total. The summed E-state index contributed by atoms with van der Waals surface area (Å²) in [5.41, 5.74) is 0.589. The van der Waals surface area contributed by atoms with E-state index in [2.05, 4.69) is 5.32 Å². The molecule has 0 bridgehead atoms. The second-order valence-corrected chi connectivity index (χ2v) is 5.28. The quantitative estimate of drug-likeness (QED) is 0.852. The summed E-state index contributed by atoms with van der Waals surface area (Å²) in [6, 6.07) is 7.64. The monoisotopic (exact) mass is 263 g/mol. The van der Waals surface area contributed by atoms with Crippen molar-refractivity contribution in [1.29, 1.82) is 0 Å². The molecule has 1 aromatic carbocycles. The molecule has 4 nitrogen and oxygen atoms in total. The van der Waals surface area contributed by atoms with Gasteiger partial charge in [-0.15, -0.1) is 0 Å². The van der Waals surface area contributed by atoms with Crippen molar-refractivity contribution < 1.29 is 14.6 Å². The van der Waals surface area contributed by atoms with Crippen molar-refractivity contribution in [2.75, 3.05) is 13.2 Å². The van der Waals surface area contributed by atoms with Gasteiger partial charge in [0, 0.05) is 17.7 Å². The molecule has 0 aromatic heterocycles. The van der Waals surface area contributed by atoms with Crippen LogP contribution >= 0.6 is 0 Å². The lowest BCUT2D eigenvalue weighted by molar-refractivity contribution is -0.124. The number of carbonyl (C=O) groups excluding carboxylic acids is 1. The number of amides is 1. The number of carbonyl (C=O) groups is 1. The third-order valence-electron chi connectivity index (χ3n) is 3.89. The van der Waals surface area contributed by atoms with Gasteiger partial charge in [-0.3, -0.25) is 4.79 Å². The van der Waals surface area contributed by atoms with Crippen molar-refractivity contribution in [3.05, 3.63) is 29.8 Å². The van der Waals surface area contributed by atoms with E-state index in [1.165, 1.54) is 0 Å². The van der Waals surface area contributed by atoms with Gasteiger partial charge in [0.05, 0.1) is 0 Å². The number of fused-ring (bicyclic) bond motifs is 1. The van der Waals surface area contributed by atoms with Gasteiger partial charge in [-0.05, 0) is 25.8 Å². The molecule has 4 heteroatoms. The molecule has 1 aliphatic heterocycles. The normalized spacial score (nSPS) is 20.3. The SMILES string of the molecule is CCC(C)(CCO)NC(=O)C1COc2ccccc21.